The largest absolute Gasteiger partial charge is 0.494 e. The minimum atomic E-state index is -0.159. The number of para-hydroxylation sites is 1. The van der Waals surface area contributed by atoms with Gasteiger partial charge in [-0.25, -0.2) is 0 Å². The first-order valence-electron chi connectivity index (χ1n) is 5.64. The van der Waals surface area contributed by atoms with Crippen molar-refractivity contribution in [3.8, 4) is 5.75 Å². The minimum Gasteiger partial charge on any atom is -0.494 e. The first kappa shape index (κ1) is 12.6. The third-order valence-corrected chi connectivity index (χ3v) is 2.18. The Morgan fingerprint density at radius 1 is 1.19 bits per heavy atom. The average molecular weight is 222 g/mol. The maximum atomic E-state index is 11.2. The molecule has 0 heterocycles. The van der Waals surface area contributed by atoms with E-state index >= 15 is 0 Å². The lowest BCUT2D eigenvalue weighted by molar-refractivity contribution is -0.143. The van der Waals surface area contributed by atoms with E-state index in [1.807, 2.05) is 38.1 Å². The number of aryl methyl sites for hydroxylation is 1. The van der Waals surface area contributed by atoms with Gasteiger partial charge in [-0.1, -0.05) is 18.2 Å². The van der Waals surface area contributed by atoms with Gasteiger partial charge >= 0.3 is 5.97 Å². The molecule has 0 radical (unpaired) electrons. The monoisotopic (exact) mass is 222 g/mol. The summed E-state index contributed by atoms with van der Waals surface area (Å²) in [5.41, 5.74) is 1.05. The zero-order chi connectivity index (χ0) is 11.8. The van der Waals surface area contributed by atoms with E-state index < -0.39 is 0 Å². The zero-order valence-electron chi connectivity index (χ0n) is 9.86. The number of hydrogen-bond acceptors (Lipinski definition) is 3. The van der Waals surface area contributed by atoms with Gasteiger partial charge < -0.3 is 9.47 Å². The maximum absolute atomic E-state index is 11.2. The molecule has 0 aromatic heterocycles. The Morgan fingerprint density at radius 2 is 1.94 bits per heavy atom. The second-order valence-electron chi connectivity index (χ2n) is 3.35. The molecule has 0 unspecified atom stereocenters. The van der Waals surface area contributed by atoms with E-state index in [4.69, 9.17) is 9.47 Å². The first-order chi connectivity index (χ1) is 7.77. The number of benzene rings is 1. The molecule has 16 heavy (non-hydrogen) atoms. The van der Waals surface area contributed by atoms with E-state index in [0.717, 1.165) is 11.3 Å². The lowest BCUT2D eigenvalue weighted by Crippen LogP contribution is -2.06. The van der Waals surface area contributed by atoms with Crippen molar-refractivity contribution in [3.05, 3.63) is 29.8 Å². The van der Waals surface area contributed by atoms with Crippen LogP contribution in [0.2, 0.25) is 0 Å². The van der Waals surface area contributed by atoms with Gasteiger partial charge in [-0.15, -0.1) is 0 Å². The Bertz CT molecular complexity index is 334. The van der Waals surface area contributed by atoms with Crippen LogP contribution in [0.1, 0.15) is 25.8 Å². The lowest BCUT2D eigenvalue weighted by Gasteiger charge is -2.09. The van der Waals surface area contributed by atoms with Gasteiger partial charge in [0.15, 0.2) is 0 Å². The molecule has 0 spiro atoms. The Kier molecular flexibility index (Phi) is 5.40. The fourth-order valence-electron chi connectivity index (χ4n) is 1.48. The van der Waals surface area contributed by atoms with Gasteiger partial charge in [0.25, 0.3) is 0 Å². The van der Waals surface area contributed by atoms with Crippen LogP contribution >= 0.6 is 0 Å². The van der Waals surface area contributed by atoms with E-state index in [1.165, 1.54) is 0 Å². The summed E-state index contributed by atoms with van der Waals surface area (Å²) in [6.07, 6.45) is 1.06. The summed E-state index contributed by atoms with van der Waals surface area (Å²) in [5, 5.41) is 0. The Morgan fingerprint density at radius 3 is 2.62 bits per heavy atom. The van der Waals surface area contributed by atoms with Crippen LogP contribution in [-0.4, -0.2) is 19.2 Å². The summed E-state index contributed by atoms with van der Waals surface area (Å²) in [4.78, 5) is 11.2. The molecule has 0 saturated heterocycles. The van der Waals surface area contributed by atoms with Gasteiger partial charge in [-0.2, -0.15) is 0 Å². The van der Waals surface area contributed by atoms with E-state index in [-0.39, 0.29) is 5.97 Å². The standard InChI is InChI=1S/C13H18O3/c1-3-15-12-8-6-5-7-11(12)9-10-13(14)16-4-2/h5-8H,3-4,9-10H2,1-2H3. The molecule has 3 nitrogen and oxygen atoms in total. The molecule has 0 aliphatic heterocycles. The lowest BCUT2D eigenvalue weighted by atomic mass is 10.1. The molecule has 0 atom stereocenters. The van der Waals surface area contributed by atoms with Crippen LogP contribution < -0.4 is 4.74 Å². The van der Waals surface area contributed by atoms with E-state index in [0.29, 0.717) is 26.1 Å². The number of ether oxygens (including phenoxy) is 2. The van der Waals surface area contributed by atoms with Gasteiger partial charge in [0.2, 0.25) is 0 Å². The maximum Gasteiger partial charge on any atom is 0.306 e. The predicted molar refractivity (Wildman–Crippen MR) is 62.6 cm³/mol. The second-order valence-corrected chi connectivity index (χ2v) is 3.35. The fourth-order valence-corrected chi connectivity index (χ4v) is 1.48. The third-order valence-electron chi connectivity index (χ3n) is 2.18. The molecular weight excluding hydrogens is 204 g/mol. The van der Waals surface area contributed by atoms with E-state index in [9.17, 15) is 4.79 Å². The van der Waals surface area contributed by atoms with Crippen LogP contribution in [0.3, 0.4) is 0 Å². The second kappa shape index (κ2) is 6.88. The molecule has 0 fully saturated rings. The third kappa shape index (κ3) is 3.93. The van der Waals surface area contributed by atoms with Crippen molar-refractivity contribution in [3.63, 3.8) is 0 Å². The van der Waals surface area contributed by atoms with Gasteiger partial charge in [0.1, 0.15) is 5.75 Å². The molecule has 1 rings (SSSR count). The highest BCUT2D eigenvalue weighted by Crippen LogP contribution is 2.19. The Balaban J connectivity index is 2.55. The SMILES string of the molecule is CCOC(=O)CCc1ccccc1OCC. The predicted octanol–water partition coefficient (Wildman–Crippen LogP) is 2.58. The first-order valence-corrected chi connectivity index (χ1v) is 5.64. The van der Waals surface area contributed by atoms with Crippen molar-refractivity contribution >= 4 is 5.97 Å². The molecule has 0 saturated carbocycles. The highest BCUT2D eigenvalue weighted by molar-refractivity contribution is 5.69. The topological polar surface area (TPSA) is 35.5 Å². The average Bonchev–Trinajstić information content (AvgIpc) is 2.29. The van der Waals surface area contributed by atoms with Crippen molar-refractivity contribution in [2.45, 2.75) is 26.7 Å². The Hall–Kier alpha value is -1.51. The fraction of sp³-hybridized carbons (Fsp3) is 0.462. The number of hydrogen-bond donors (Lipinski definition) is 0. The van der Waals surface area contributed by atoms with Crippen LogP contribution in [0, 0.1) is 0 Å². The van der Waals surface area contributed by atoms with Crippen LogP contribution in [-0.2, 0) is 16.0 Å². The number of carbonyl (C=O) groups excluding carboxylic acids is 1. The molecule has 0 aliphatic rings. The Labute approximate surface area is 96.4 Å². The molecule has 0 amide bonds. The quantitative estimate of drug-likeness (QED) is 0.694. The molecule has 88 valence electrons. The summed E-state index contributed by atoms with van der Waals surface area (Å²) in [7, 11) is 0. The van der Waals surface area contributed by atoms with E-state index in [2.05, 4.69) is 0 Å². The van der Waals surface area contributed by atoms with Crippen molar-refractivity contribution in [2.24, 2.45) is 0 Å². The van der Waals surface area contributed by atoms with Crippen molar-refractivity contribution < 1.29 is 14.3 Å². The molecule has 1 aromatic rings. The summed E-state index contributed by atoms with van der Waals surface area (Å²) in [5.74, 6) is 0.697. The van der Waals surface area contributed by atoms with Gasteiger partial charge in [-0.05, 0) is 31.9 Å². The summed E-state index contributed by atoms with van der Waals surface area (Å²) in [6, 6.07) is 7.77. The highest BCUT2D eigenvalue weighted by atomic mass is 16.5. The summed E-state index contributed by atoms with van der Waals surface area (Å²) < 4.78 is 10.4. The highest BCUT2D eigenvalue weighted by Gasteiger charge is 2.06. The van der Waals surface area contributed by atoms with Crippen LogP contribution in [0.25, 0.3) is 0 Å². The number of carbonyl (C=O) groups is 1. The minimum absolute atomic E-state index is 0.159. The van der Waals surface area contributed by atoms with Crippen molar-refractivity contribution in [1.29, 1.82) is 0 Å². The normalized spacial score (nSPS) is 9.88. The van der Waals surface area contributed by atoms with Crippen LogP contribution in [0.5, 0.6) is 5.75 Å². The van der Waals surface area contributed by atoms with Crippen LogP contribution in [0.15, 0.2) is 24.3 Å². The molecule has 0 aliphatic carbocycles. The summed E-state index contributed by atoms with van der Waals surface area (Å²) in [6.45, 7) is 4.83. The van der Waals surface area contributed by atoms with Gasteiger partial charge in [-0.3, -0.25) is 4.79 Å². The number of rotatable bonds is 6. The molecule has 1 aromatic carbocycles. The van der Waals surface area contributed by atoms with Gasteiger partial charge in [0, 0.05) is 6.42 Å². The van der Waals surface area contributed by atoms with E-state index in [1.54, 1.807) is 0 Å². The molecule has 3 heteroatoms. The summed E-state index contributed by atoms with van der Waals surface area (Å²) >= 11 is 0. The number of esters is 1. The zero-order valence-corrected chi connectivity index (χ0v) is 9.86. The van der Waals surface area contributed by atoms with Gasteiger partial charge in [0.05, 0.1) is 13.2 Å². The van der Waals surface area contributed by atoms with Crippen molar-refractivity contribution in [1.82, 2.24) is 0 Å². The molecular formula is C13H18O3. The van der Waals surface area contributed by atoms with Crippen LogP contribution in [0.4, 0.5) is 0 Å². The van der Waals surface area contributed by atoms with Crippen molar-refractivity contribution in [2.75, 3.05) is 13.2 Å². The molecule has 0 bridgehead atoms. The molecule has 0 N–H and O–H groups in total. The smallest absolute Gasteiger partial charge is 0.306 e.